The molecule has 0 aliphatic rings. The van der Waals surface area contributed by atoms with E-state index >= 15 is 0 Å². The van der Waals surface area contributed by atoms with E-state index in [1.807, 2.05) is 54.6 Å². The Morgan fingerprint density at radius 3 is 1.86 bits per heavy atom. The van der Waals surface area contributed by atoms with Crippen LogP contribution in [0.25, 0.3) is 10.9 Å². The molecule has 2 aromatic carbocycles. The van der Waals surface area contributed by atoms with Crippen LogP contribution < -0.4 is 26.6 Å². The number of anilines is 1. The number of aromatic nitrogens is 1. The topological polar surface area (TPSA) is 206 Å². The van der Waals surface area contributed by atoms with E-state index in [9.17, 15) is 28.8 Å². The molecular weight excluding hydrogens is 759 g/mol. The maximum Gasteiger partial charge on any atom is 0.408 e. The maximum absolute atomic E-state index is 14.2. The Balaban J connectivity index is 1.85. The average Bonchev–Trinajstić information content (AvgIpc) is 3.12. The number of carbonyl (C=O) groups excluding carboxylic acids is 6. The van der Waals surface area contributed by atoms with E-state index in [0.717, 1.165) is 16.5 Å². The molecule has 0 saturated heterocycles. The largest absolute Gasteiger partial charge is 0.444 e. The van der Waals surface area contributed by atoms with E-state index in [4.69, 9.17) is 14.2 Å². The molecule has 16 heteroatoms. The van der Waals surface area contributed by atoms with Crippen molar-refractivity contribution < 1.29 is 43.0 Å². The highest BCUT2D eigenvalue weighted by atomic mass is 16.6. The number of hydrogen-bond donors (Lipinski definition) is 5. The molecule has 1 aromatic heterocycles. The van der Waals surface area contributed by atoms with Gasteiger partial charge in [-0.3, -0.25) is 19.4 Å². The zero-order valence-electron chi connectivity index (χ0n) is 35.7. The standard InChI is InChI=1S/C43H61N7O9/c1-41(2,3)57-38(54)44-22-15-24-50(25-23-45-39(55)58-42(4,5)6)35(51)27-34(49-40(56)59-43(7,8)9)37(53)48-33(21-20-29-16-11-10-12-17-29)36(52)47-31-26-30-18-13-14-19-32(30)46-28-31/h10-14,16-19,26,28,33-34H,15,20-25,27H2,1-9H3,(H,44,54)(H,45,55)(H,47,52)(H,48,53)(H,49,56). The third-order valence-electron chi connectivity index (χ3n) is 8.12. The van der Waals surface area contributed by atoms with Crippen molar-refractivity contribution in [2.75, 3.05) is 31.5 Å². The van der Waals surface area contributed by atoms with Crippen molar-refractivity contribution >= 4 is 52.6 Å². The summed E-state index contributed by atoms with van der Waals surface area (Å²) < 4.78 is 16.1. The van der Waals surface area contributed by atoms with Gasteiger partial charge in [0.25, 0.3) is 0 Å². The van der Waals surface area contributed by atoms with Gasteiger partial charge in [-0.25, -0.2) is 14.4 Å². The zero-order valence-corrected chi connectivity index (χ0v) is 35.7. The van der Waals surface area contributed by atoms with Crippen molar-refractivity contribution in [3.8, 4) is 0 Å². The van der Waals surface area contributed by atoms with Crippen molar-refractivity contribution in [1.82, 2.24) is 31.2 Å². The number of nitrogens with zero attached hydrogens (tertiary/aromatic N) is 2. The van der Waals surface area contributed by atoms with Gasteiger partial charge in [-0.15, -0.1) is 0 Å². The fourth-order valence-corrected chi connectivity index (χ4v) is 5.57. The summed E-state index contributed by atoms with van der Waals surface area (Å²) in [4.78, 5) is 85.6. The normalized spacial score (nSPS) is 12.6. The van der Waals surface area contributed by atoms with Gasteiger partial charge >= 0.3 is 18.3 Å². The molecule has 16 nitrogen and oxygen atoms in total. The van der Waals surface area contributed by atoms with Crippen molar-refractivity contribution in [2.45, 2.75) is 117 Å². The minimum absolute atomic E-state index is 0.00185. The molecule has 0 aliphatic heterocycles. The molecule has 0 spiro atoms. The van der Waals surface area contributed by atoms with Crippen LogP contribution in [0.5, 0.6) is 0 Å². The number of aryl methyl sites for hydroxylation is 1. The maximum atomic E-state index is 14.2. The van der Waals surface area contributed by atoms with Crippen molar-refractivity contribution in [3.05, 3.63) is 72.4 Å². The summed E-state index contributed by atoms with van der Waals surface area (Å²) in [6.45, 7) is 15.6. The second-order valence-corrected chi connectivity index (χ2v) is 17.0. The van der Waals surface area contributed by atoms with E-state index in [2.05, 4.69) is 31.6 Å². The first-order chi connectivity index (χ1) is 27.6. The summed E-state index contributed by atoms with van der Waals surface area (Å²) in [6.07, 6.45) is -0.355. The zero-order chi connectivity index (χ0) is 43.8. The van der Waals surface area contributed by atoms with Gasteiger partial charge in [-0.2, -0.15) is 0 Å². The quantitative estimate of drug-likeness (QED) is 0.0812. The molecule has 2 unspecified atom stereocenters. The van der Waals surface area contributed by atoms with Crippen LogP contribution in [0.1, 0.15) is 87.1 Å². The molecule has 3 aromatic rings. The summed E-state index contributed by atoms with van der Waals surface area (Å²) >= 11 is 0. The fraction of sp³-hybridized carbons (Fsp3) is 0.512. The van der Waals surface area contributed by atoms with E-state index < -0.39 is 71.3 Å². The number of hydrogen-bond acceptors (Lipinski definition) is 10. The molecule has 0 fully saturated rings. The molecule has 5 N–H and O–H groups in total. The predicted molar refractivity (Wildman–Crippen MR) is 225 cm³/mol. The highest BCUT2D eigenvalue weighted by molar-refractivity contribution is 6.00. The smallest absolute Gasteiger partial charge is 0.408 e. The van der Waals surface area contributed by atoms with E-state index in [1.54, 1.807) is 68.4 Å². The lowest BCUT2D eigenvalue weighted by molar-refractivity contribution is -0.135. The van der Waals surface area contributed by atoms with Gasteiger partial charge in [0.1, 0.15) is 28.9 Å². The molecule has 0 saturated carbocycles. The monoisotopic (exact) mass is 819 g/mol. The Labute approximate surface area is 346 Å². The Kier molecular flexibility index (Phi) is 17.5. The Morgan fingerprint density at radius 1 is 0.661 bits per heavy atom. The van der Waals surface area contributed by atoms with E-state index in [0.29, 0.717) is 18.5 Å². The number of fused-ring (bicyclic) bond motifs is 1. The van der Waals surface area contributed by atoms with Crippen LogP contribution in [-0.4, -0.2) is 101 Å². The molecule has 0 aliphatic carbocycles. The van der Waals surface area contributed by atoms with Gasteiger partial charge in [-0.05, 0) is 99.3 Å². The number of carbonyl (C=O) groups is 6. The third kappa shape index (κ3) is 18.9. The Morgan fingerprint density at radius 2 is 1.24 bits per heavy atom. The van der Waals surface area contributed by atoms with Gasteiger partial charge < -0.3 is 45.7 Å². The van der Waals surface area contributed by atoms with Crippen LogP contribution in [0.2, 0.25) is 0 Å². The molecule has 0 bridgehead atoms. The fourth-order valence-electron chi connectivity index (χ4n) is 5.57. The van der Waals surface area contributed by atoms with Gasteiger partial charge in [0, 0.05) is 31.6 Å². The van der Waals surface area contributed by atoms with Crippen molar-refractivity contribution in [1.29, 1.82) is 0 Å². The summed E-state index contributed by atoms with van der Waals surface area (Å²) in [5, 5.41) is 14.2. The summed E-state index contributed by atoms with van der Waals surface area (Å²) in [7, 11) is 0. The number of ether oxygens (including phenoxy) is 3. The second-order valence-electron chi connectivity index (χ2n) is 17.0. The van der Waals surface area contributed by atoms with Crippen LogP contribution in [0.15, 0.2) is 66.9 Å². The average molecular weight is 820 g/mol. The van der Waals surface area contributed by atoms with Gasteiger partial charge in [0.15, 0.2) is 0 Å². The van der Waals surface area contributed by atoms with Crippen molar-refractivity contribution in [2.24, 2.45) is 0 Å². The van der Waals surface area contributed by atoms with Crippen LogP contribution in [-0.2, 0) is 35.0 Å². The first-order valence-electron chi connectivity index (χ1n) is 19.8. The number of benzene rings is 2. The lowest BCUT2D eigenvalue weighted by Crippen LogP contribution is -2.55. The van der Waals surface area contributed by atoms with Gasteiger partial charge in [-0.1, -0.05) is 48.5 Å². The second kappa shape index (κ2) is 21.7. The highest BCUT2D eigenvalue weighted by Gasteiger charge is 2.32. The Hall–Kier alpha value is -5.93. The van der Waals surface area contributed by atoms with Gasteiger partial charge in [0.05, 0.1) is 23.8 Å². The molecule has 2 atom stereocenters. The van der Waals surface area contributed by atoms with Crippen LogP contribution in [0.3, 0.4) is 0 Å². The van der Waals surface area contributed by atoms with E-state index in [1.165, 1.54) is 11.1 Å². The number of amides is 6. The number of rotatable bonds is 17. The predicted octanol–water partition coefficient (Wildman–Crippen LogP) is 5.84. The summed E-state index contributed by atoms with van der Waals surface area (Å²) in [5.41, 5.74) is -0.283. The third-order valence-corrected chi connectivity index (χ3v) is 8.12. The molecule has 1 heterocycles. The first kappa shape index (κ1) is 47.4. The molecule has 59 heavy (non-hydrogen) atoms. The van der Waals surface area contributed by atoms with Crippen molar-refractivity contribution in [3.63, 3.8) is 0 Å². The highest BCUT2D eigenvalue weighted by Crippen LogP contribution is 2.18. The van der Waals surface area contributed by atoms with Gasteiger partial charge in [0.2, 0.25) is 17.7 Å². The molecule has 6 amide bonds. The number of nitrogens with one attached hydrogen (secondary N) is 5. The summed E-state index contributed by atoms with van der Waals surface area (Å²) in [6, 6.07) is 16.1. The molecule has 0 radical (unpaired) electrons. The summed E-state index contributed by atoms with van der Waals surface area (Å²) in [5.74, 6) is -1.88. The molecule has 322 valence electrons. The lowest BCUT2D eigenvalue weighted by atomic mass is 10.0. The first-order valence-corrected chi connectivity index (χ1v) is 19.8. The molecular formula is C43H61N7O9. The minimum atomic E-state index is -1.48. The Bertz CT molecular complexity index is 1890. The van der Waals surface area contributed by atoms with Crippen LogP contribution in [0, 0.1) is 0 Å². The lowest BCUT2D eigenvalue weighted by Gasteiger charge is -2.28. The SMILES string of the molecule is CC(C)(C)OC(=O)NCCCN(CCNC(=O)OC(C)(C)C)C(=O)CC(NC(=O)OC(C)(C)C)C(=O)NC(CCc1ccccc1)C(=O)Nc1cnc2ccccc2c1. The number of para-hydroxylation sites is 1. The van der Waals surface area contributed by atoms with E-state index in [-0.39, 0.29) is 32.6 Å². The van der Waals surface area contributed by atoms with Crippen LogP contribution in [0.4, 0.5) is 20.1 Å². The number of alkyl carbamates (subject to hydrolysis) is 3. The minimum Gasteiger partial charge on any atom is -0.444 e. The number of pyridine rings is 1. The molecule has 3 rings (SSSR count). The van der Waals surface area contributed by atoms with Crippen LogP contribution >= 0.6 is 0 Å².